The van der Waals surface area contributed by atoms with Crippen LogP contribution in [0.2, 0.25) is 0 Å². The van der Waals surface area contributed by atoms with Gasteiger partial charge in [-0.15, -0.1) is 0 Å². The van der Waals surface area contributed by atoms with E-state index in [0.29, 0.717) is 5.56 Å². The van der Waals surface area contributed by atoms with E-state index in [0.717, 1.165) is 29.8 Å². The van der Waals surface area contributed by atoms with E-state index in [2.05, 4.69) is 54.6 Å². The van der Waals surface area contributed by atoms with Crippen LogP contribution in [0.25, 0.3) is 11.1 Å². The molecule has 5 nitrogen and oxygen atoms in total. The van der Waals surface area contributed by atoms with Gasteiger partial charge in [-0.1, -0.05) is 81.4 Å². The molecule has 0 saturated carbocycles. The number of rotatable bonds is 7. The number of ketones is 1. The zero-order chi connectivity index (χ0) is 21.7. The molecular formula is C25H30N4O. The fourth-order valence-electron chi connectivity index (χ4n) is 3.79. The molecule has 30 heavy (non-hydrogen) atoms. The Morgan fingerprint density at radius 2 is 1.57 bits per heavy atom. The number of nitrogens with zero attached hydrogens (tertiary/aromatic N) is 2. The molecule has 0 aliphatic rings. The van der Waals surface area contributed by atoms with Crippen molar-refractivity contribution in [1.82, 2.24) is 4.57 Å². The van der Waals surface area contributed by atoms with Crippen molar-refractivity contribution in [2.75, 3.05) is 6.54 Å². The van der Waals surface area contributed by atoms with Crippen molar-refractivity contribution in [3.63, 3.8) is 0 Å². The molecule has 4 N–H and O–H groups in total. The first kappa shape index (κ1) is 21.4. The summed E-state index contributed by atoms with van der Waals surface area (Å²) in [5.41, 5.74) is 15.8. The fraction of sp³-hybridized carbons (Fsp3) is 0.280. The van der Waals surface area contributed by atoms with Crippen molar-refractivity contribution >= 4 is 11.7 Å². The smallest absolute Gasteiger partial charge is 0.186 e. The number of aromatic nitrogens is 1. The average Bonchev–Trinajstić information content (AvgIpc) is 3.12. The Kier molecular flexibility index (Phi) is 6.40. The number of hydrogen-bond acceptors (Lipinski definition) is 2. The van der Waals surface area contributed by atoms with Crippen molar-refractivity contribution in [1.29, 1.82) is 0 Å². The first-order chi connectivity index (χ1) is 14.3. The Bertz CT molecular complexity index is 1020. The Labute approximate surface area is 178 Å². The highest BCUT2D eigenvalue weighted by atomic mass is 16.1. The number of Topliss-reactive ketones (excluding diaryl/α,β-unsaturated/α-hetero) is 1. The molecule has 1 heterocycles. The summed E-state index contributed by atoms with van der Waals surface area (Å²) in [7, 11) is 0. The minimum atomic E-state index is -0.156. The lowest BCUT2D eigenvalue weighted by Gasteiger charge is -2.24. The van der Waals surface area contributed by atoms with Gasteiger partial charge < -0.3 is 16.0 Å². The second-order valence-corrected chi connectivity index (χ2v) is 8.48. The average molecular weight is 403 g/mol. The van der Waals surface area contributed by atoms with Gasteiger partial charge in [-0.05, 0) is 17.5 Å². The highest BCUT2D eigenvalue weighted by Gasteiger charge is 2.29. The molecule has 0 saturated heterocycles. The number of carbonyl (C=O) groups is 1. The van der Waals surface area contributed by atoms with Crippen LogP contribution in [0.5, 0.6) is 0 Å². The molecule has 0 atom stereocenters. The number of aryl methyl sites for hydroxylation is 2. The molecule has 0 radical (unpaired) electrons. The number of nitrogens with two attached hydrogens (primary N) is 2. The molecule has 2 aromatic carbocycles. The molecule has 0 aliphatic carbocycles. The maximum Gasteiger partial charge on any atom is 0.186 e. The van der Waals surface area contributed by atoms with Crippen LogP contribution in [0, 0.1) is 0 Å². The van der Waals surface area contributed by atoms with Crippen LogP contribution in [-0.2, 0) is 18.4 Å². The molecule has 0 fully saturated rings. The molecule has 3 aromatic rings. The Balaban J connectivity index is 2.12. The number of benzene rings is 2. The van der Waals surface area contributed by atoms with Gasteiger partial charge in [-0.3, -0.25) is 4.79 Å². The molecule has 156 valence electrons. The van der Waals surface area contributed by atoms with Gasteiger partial charge in [-0.25, -0.2) is 4.99 Å². The van der Waals surface area contributed by atoms with E-state index >= 15 is 0 Å². The van der Waals surface area contributed by atoms with Crippen molar-refractivity contribution in [2.24, 2.45) is 16.5 Å². The lowest BCUT2D eigenvalue weighted by atomic mass is 9.85. The number of guanidine groups is 1. The van der Waals surface area contributed by atoms with Crippen LogP contribution >= 0.6 is 0 Å². The second-order valence-electron chi connectivity index (χ2n) is 8.48. The van der Waals surface area contributed by atoms with Gasteiger partial charge in [0.25, 0.3) is 0 Å². The zero-order valence-corrected chi connectivity index (χ0v) is 17.9. The van der Waals surface area contributed by atoms with E-state index in [9.17, 15) is 4.79 Å². The number of hydrogen-bond donors (Lipinski definition) is 2. The molecular weight excluding hydrogens is 372 g/mol. The van der Waals surface area contributed by atoms with Crippen molar-refractivity contribution in [2.45, 2.75) is 39.2 Å². The minimum Gasteiger partial charge on any atom is -0.370 e. The van der Waals surface area contributed by atoms with E-state index in [-0.39, 0.29) is 23.7 Å². The van der Waals surface area contributed by atoms with Gasteiger partial charge in [0.05, 0.1) is 0 Å². The van der Waals surface area contributed by atoms with Gasteiger partial charge >= 0.3 is 0 Å². The number of aliphatic imine (C=N–C) groups is 1. The fourth-order valence-corrected chi connectivity index (χ4v) is 3.79. The summed E-state index contributed by atoms with van der Waals surface area (Å²) in [5, 5.41) is 0. The summed E-state index contributed by atoms with van der Waals surface area (Å²) >= 11 is 0. The monoisotopic (exact) mass is 402 g/mol. The highest BCUT2D eigenvalue weighted by Crippen LogP contribution is 2.37. The van der Waals surface area contributed by atoms with Gasteiger partial charge in [-0.2, -0.15) is 0 Å². The van der Waals surface area contributed by atoms with Gasteiger partial charge in [0.2, 0.25) is 0 Å². The maximum atomic E-state index is 13.1. The minimum absolute atomic E-state index is 0.0611. The Morgan fingerprint density at radius 1 is 0.967 bits per heavy atom. The van der Waals surface area contributed by atoms with Crippen LogP contribution in [0.15, 0.2) is 71.9 Å². The summed E-state index contributed by atoms with van der Waals surface area (Å²) in [6.45, 7) is 7.26. The summed E-state index contributed by atoms with van der Waals surface area (Å²) < 4.78 is 2.22. The van der Waals surface area contributed by atoms with Crippen LogP contribution in [0.3, 0.4) is 0 Å². The van der Waals surface area contributed by atoms with Crippen molar-refractivity contribution in [3.8, 4) is 11.1 Å². The van der Waals surface area contributed by atoms with Crippen molar-refractivity contribution < 1.29 is 4.79 Å². The molecule has 0 spiro atoms. The van der Waals surface area contributed by atoms with Crippen LogP contribution < -0.4 is 11.5 Å². The van der Waals surface area contributed by atoms with Crippen LogP contribution in [0.1, 0.15) is 42.4 Å². The summed E-state index contributed by atoms with van der Waals surface area (Å²) in [6.07, 6.45) is 2.85. The summed E-state index contributed by atoms with van der Waals surface area (Å²) in [5.74, 6) is -0.171. The largest absolute Gasteiger partial charge is 0.370 e. The lowest BCUT2D eigenvalue weighted by molar-refractivity contribution is 0.100. The molecule has 0 aliphatic heterocycles. The molecule has 1 aromatic heterocycles. The molecule has 0 amide bonds. The predicted octanol–water partition coefficient (Wildman–Crippen LogP) is 4.15. The van der Waals surface area contributed by atoms with Crippen molar-refractivity contribution in [3.05, 3.63) is 83.7 Å². The standard InChI is InChI=1S/C25H30N4O/c1-25(2,3)23-22(19-12-8-5-9-13-19)20(21(30)16-28-24(26)27)17-29(23)15-14-18-10-6-4-7-11-18/h4-13,17H,14-16H2,1-3H3,(H4,26,27,28). The topological polar surface area (TPSA) is 86.4 Å². The Morgan fingerprint density at radius 3 is 2.13 bits per heavy atom. The molecule has 3 rings (SSSR count). The highest BCUT2D eigenvalue weighted by molar-refractivity contribution is 6.05. The Hall–Kier alpha value is -3.34. The second kappa shape index (κ2) is 8.99. The van der Waals surface area contributed by atoms with Gasteiger partial charge in [0, 0.05) is 35.0 Å². The third-order valence-electron chi connectivity index (χ3n) is 5.04. The summed E-state index contributed by atoms with van der Waals surface area (Å²) in [6, 6.07) is 20.4. The van der Waals surface area contributed by atoms with E-state index in [1.54, 1.807) is 0 Å². The van der Waals surface area contributed by atoms with Crippen LogP contribution in [0.4, 0.5) is 0 Å². The van der Waals surface area contributed by atoms with E-state index < -0.39 is 0 Å². The first-order valence-electron chi connectivity index (χ1n) is 10.2. The van der Waals surface area contributed by atoms with Gasteiger partial charge in [0.1, 0.15) is 6.54 Å². The normalized spacial score (nSPS) is 11.3. The van der Waals surface area contributed by atoms with Gasteiger partial charge in [0.15, 0.2) is 11.7 Å². The summed E-state index contributed by atoms with van der Waals surface area (Å²) in [4.78, 5) is 17.0. The third-order valence-corrected chi connectivity index (χ3v) is 5.04. The van der Waals surface area contributed by atoms with Crippen LogP contribution in [-0.4, -0.2) is 22.9 Å². The maximum absolute atomic E-state index is 13.1. The quantitative estimate of drug-likeness (QED) is 0.354. The van der Waals surface area contributed by atoms with E-state index in [1.807, 2.05) is 42.6 Å². The number of carbonyl (C=O) groups excluding carboxylic acids is 1. The zero-order valence-electron chi connectivity index (χ0n) is 17.9. The lowest BCUT2D eigenvalue weighted by Crippen LogP contribution is -2.24. The first-order valence-corrected chi connectivity index (χ1v) is 10.2. The SMILES string of the molecule is CC(C)(C)c1c(-c2ccccc2)c(C(=O)CN=C(N)N)cn1CCc1ccccc1. The molecule has 0 bridgehead atoms. The molecule has 0 unspecified atom stereocenters. The third kappa shape index (κ3) is 4.98. The van der Waals surface area contributed by atoms with E-state index in [1.165, 1.54) is 5.56 Å². The van der Waals surface area contributed by atoms with E-state index in [4.69, 9.17) is 11.5 Å². The molecule has 5 heteroatoms. The predicted molar refractivity (Wildman–Crippen MR) is 124 cm³/mol.